The van der Waals surface area contributed by atoms with Crippen molar-refractivity contribution in [2.24, 2.45) is 0 Å². The third kappa shape index (κ3) is 14.1. The van der Waals surface area contributed by atoms with Gasteiger partial charge in [0.15, 0.2) is 63.0 Å². The normalized spacial score (nSPS) is 50.2. The summed E-state index contributed by atoms with van der Waals surface area (Å²) in [5.74, 6) is 0. The van der Waals surface area contributed by atoms with Gasteiger partial charge >= 0.3 is 0 Å². The molecule has 0 spiro atoms. The van der Waals surface area contributed by atoms with Crippen LogP contribution in [0.3, 0.4) is 0 Å². The molecule has 0 unspecified atom stereocenters. The summed E-state index contributed by atoms with van der Waals surface area (Å²) < 4.78 is 83.6. The van der Waals surface area contributed by atoms with Gasteiger partial charge in [0.2, 0.25) is 0 Å². The number of aliphatic hydroxyl groups excluding tert-OH is 20. The van der Waals surface area contributed by atoms with Gasteiger partial charge in [-0.05, 0) is 23.8 Å². The molecule has 0 saturated carbocycles. The van der Waals surface area contributed by atoms with Crippen molar-refractivity contribution in [2.45, 2.75) is 221 Å². The first kappa shape index (κ1) is 69.6. The Labute approximate surface area is 511 Å². The van der Waals surface area contributed by atoms with Gasteiger partial charge in [-0.25, -0.2) is 4.57 Å². The predicted molar refractivity (Wildman–Crippen MR) is 282 cm³/mol. The molecule has 21 saturated heterocycles. The molecule has 22 aliphatic heterocycles. The standard InChI is InChI=1S/C54H81N2O34/c1-55-7-3-2-4-19(55)10-18-5-8-56(9-6-18)11-20-41-27(63)34(70)48(77-20)85-42-21(12-57)79-50(36(72)29(42)65)87-44-23(14-59)81-52(38(74)31(44)67)89-46-25(16-61)83-54(40(76)33(46)69)90-47-26(17-62)82-53(39(75)32(47)68)88-45-24(15-60)80-51(37(73)30(45)66)86-43-22(13-58)78-49(84-41)35(71)28(43)64/h2-10,20-54,57-76H,11-17H2,1H3/q+1/t20-,21-,22-,23-,24-,25-,26-,27-,28-,29-,30-,31-,32-,33-,34-,35-,36-,37-,38-,39-,40-,41-,42-,43-,44-,45-,46-,47-,48-,49-,50-,51-,52-,53-,54-/m1/s1. The summed E-state index contributed by atoms with van der Waals surface area (Å²) in [6.07, 6.45) is -57.2. The number of aliphatic hydroxyl groups is 20. The van der Waals surface area contributed by atoms with E-state index in [9.17, 15) is 102 Å². The fourth-order valence-corrected chi connectivity index (χ4v) is 12.2. The Hall–Kier alpha value is -3.19. The Morgan fingerprint density at radius 3 is 0.800 bits per heavy atom. The van der Waals surface area contributed by atoms with Gasteiger partial charge in [0.05, 0.1) is 39.6 Å². The van der Waals surface area contributed by atoms with Crippen LogP contribution in [0.15, 0.2) is 54.7 Å². The second-order valence-electron chi connectivity index (χ2n) is 23.2. The summed E-state index contributed by atoms with van der Waals surface area (Å²) >= 11 is 0. The third-order valence-electron chi connectivity index (χ3n) is 17.3. The van der Waals surface area contributed by atoms with E-state index in [2.05, 4.69) is 0 Å². The lowest BCUT2D eigenvalue weighted by Gasteiger charge is -2.50. The molecule has 1 aromatic rings. The molecule has 22 aliphatic rings. The van der Waals surface area contributed by atoms with Crippen molar-refractivity contribution >= 4 is 6.08 Å². The first-order valence-electron chi connectivity index (χ1n) is 29.2. The molecule has 36 heteroatoms. The van der Waals surface area contributed by atoms with Crippen molar-refractivity contribution in [3.63, 3.8) is 0 Å². The molecule has 14 bridgehead atoms. The lowest BCUT2D eigenvalue weighted by Crippen LogP contribution is -2.68. The van der Waals surface area contributed by atoms with Gasteiger partial charge in [0.1, 0.15) is 171 Å². The van der Waals surface area contributed by atoms with Crippen LogP contribution in [0.5, 0.6) is 0 Å². The molecule has 0 amide bonds. The van der Waals surface area contributed by atoms with Gasteiger partial charge in [0.25, 0.3) is 0 Å². The average Bonchev–Trinajstić information content (AvgIpc) is 0.820. The molecule has 0 aliphatic carbocycles. The van der Waals surface area contributed by atoms with Gasteiger partial charge in [-0.2, -0.15) is 0 Å². The van der Waals surface area contributed by atoms with Gasteiger partial charge in [-0.1, -0.05) is 6.08 Å². The molecule has 0 aromatic carbocycles. The molecule has 1 aromatic heterocycles. The van der Waals surface area contributed by atoms with E-state index in [0.717, 1.165) is 11.3 Å². The van der Waals surface area contributed by atoms with Crippen LogP contribution in [0.2, 0.25) is 0 Å². The molecule has 23 heterocycles. The zero-order chi connectivity index (χ0) is 64.7. The summed E-state index contributed by atoms with van der Waals surface area (Å²) in [5, 5.41) is 225. The molecule has 36 nitrogen and oxygen atoms in total. The number of rotatable bonds is 9. The van der Waals surface area contributed by atoms with Crippen molar-refractivity contribution < 1.29 is 173 Å². The van der Waals surface area contributed by atoms with Crippen LogP contribution in [-0.4, -0.2) is 369 Å². The van der Waals surface area contributed by atoms with Crippen LogP contribution in [0.1, 0.15) is 5.56 Å². The maximum absolute atomic E-state index is 12.0. The number of pyridine rings is 1. The van der Waals surface area contributed by atoms with Gasteiger partial charge < -0.3 is 173 Å². The fourth-order valence-electron chi connectivity index (χ4n) is 12.2. The molecular formula is C54H81N2O34+. The van der Waals surface area contributed by atoms with E-state index in [1.54, 1.807) is 29.1 Å². The van der Waals surface area contributed by atoms with E-state index in [0.29, 0.717) is 0 Å². The summed E-state index contributed by atoms with van der Waals surface area (Å²) in [7, 11) is 1.85. The third-order valence-corrected chi connectivity index (χ3v) is 17.3. The highest BCUT2D eigenvalue weighted by molar-refractivity contribution is 5.55. The maximum Gasteiger partial charge on any atom is 0.187 e. The Kier molecular flexibility index (Phi) is 23.1. The monoisotopic (exact) mass is 1300 g/mol. The lowest BCUT2D eigenvalue weighted by atomic mass is 9.95. The van der Waals surface area contributed by atoms with Crippen molar-refractivity contribution in [1.82, 2.24) is 4.90 Å². The lowest BCUT2D eigenvalue weighted by molar-refractivity contribution is -0.707. The molecular weight excluding hydrogens is 1220 g/mol. The number of ether oxygens (including phenoxy) is 14. The molecule has 0 radical (unpaired) electrons. The van der Waals surface area contributed by atoms with Crippen LogP contribution >= 0.6 is 0 Å². The van der Waals surface area contributed by atoms with E-state index < -0.39 is 255 Å². The van der Waals surface area contributed by atoms with E-state index in [4.69, 9.17) is 66.3 Å². The number of hydrogen-bond acceptors (Lipinski definition) is 35. The highest BCUT2D eigenvalue weighted by atomic mass is 16.8. The molecule has 510 valence electrons. The quantitative estimate of drug-likeness (QED) is 0.102. The van der Waals surface area contributed by atoms with Crippen LogP contribution in [0.4, 0.5) is 0 Å². The second kappa shape index (κ2) is 29.8. The molecule has 20 N–H and O–H groups in total. The van der Waals surface area contributed by atoms with Crippen molar-refractivity contribution in [2.75, 3.05) is 46.7 Å². The number of allylic oxidation sites excluding steroid dienone is 3. The Morgan fingerprint density at radius 2 is 0.567 bits per heavy atom. The number of likely N-dealkylation sites (N-methyl/N-ethyl adjacent to an activating group) is 1. The Balaban J connectivity index is 0.953. The van der Waals surface area contributed by atoms with Crippen LogP contribution in [0.25, 0.3) is 6.08 Å². The van der Waals surface area contributed by atoms with Gasteiger partial charge in [-0.15, -0.1) is 0 Å². The summed E-state index contributed by atoms with van der Waals surface area (Å²) in [6.45, 7) is -6.53. The molecule has 21 fully saturated rings. The number of aromatic nitrogens is 1. The van der Waals surface area contributed by atoms with Crippen molar-refractivity contribution in [1.29, 1.82) is 0 Å². The minimum atomic E-state index is -2.21. The zero-order valence-corrected chi connectivity index (χ0v) is 47.9. The van der Waals surface area contributed by atoms with Crippen LogP contribution in [0, 0.1) is 0 Å². The average molecular weight is 1300 g/mol. The molecule has 35 atom stereocenters. The predicted octanol–water partition coefficient (Wildman–Crippen LogP) is -12.9. The minimum absolute atomic E-state index is 0.283. The maximum atomic E-state index is 12.0. The second-order valence-corrected chi connectivity index (χ2v) is 23.2. The first-order valence-corrected chi connectivity index (χ1v) is 29.2. The topological polar surface area (TPSA) is 541 Å². The zero-order valence-electron chi connectivity index (χ0n) is 47.9. The van der Waals surface area contributed by atoms with Crippen molar-refractivity contribution in [3.8, 4) is 0 Å². The largest absolute Gasteiger partial charge is 0.394 e. The van der Waals surface area contributed by atoms with E-state index >= 15 is 0 Å². The van der Waals surface area contributed by atoms with Gasteiger partial charge in [0, 0.05) is 31.1 Å². The van der Waals surface area contributed by atoms with E-state index in [1.807, 2.05) is 42.5 Å². The summed E-state index contributed by atoms with van der Waals surface area (Å²) in [6, 6.07) is 3.45. The highest BCUT2D eigenvalue weighted by Crippen LogP contribution is 2.39. The molecule has 23 rings (SSSR count). The number of hydrogen-bond donors (Lipinski definition) is 20. The molecule has 90 heavy (non-hydrogen) atoms. The SMILES string of the molecule is CN1C=CC=C/C1=C\c1cc[n+](C[C@H]2O[C@@H]3O[C@H]4[C@H](O)[C@@H](O)[C@@H](O[C@H]5[C@H](O)[C@@H](O)[C@@H](O[C@H]6[C@H](O)[C@@H](O)[C@@H](O[C@H]7[C@H](O)[C@@H](O)[C@@H](O[C@H]8[C@H](O)[C@@H](O)[C@@H](O[C@H]9[C@H](O)[C@@H](O)[C@@H](O[C@H]2[C@H](O)[C@H]3O)O[C@@H]9CO)O[C@@H]8CO)O[C@@H]7CO)O[C@@H]6CO)O[C@@H]5CO)O[C@@H]4CO)cc1. The smallest absolute Gasteiger partial charge is 0.187 e. The minimum Gasteiger partial charge on any atom is -0.394 e. The van der Waals surface area contributed by atoms with Crippen LogP contribution in [-0.2, 0) is 72.9 Å². The summed E-state index contributed by atoms with van der Waals surface area (Å²) in [5.41, 5.74) is 1.57. The van der Waals surface area contributed by atoms with Crippen LogP contribution < -0.4 is 4.57 Å². The highest BCUT2D eigenvalue weighted by Gasteiger charge is 2.60. The Morgan fingerprint density at radius 1 is 0.333 bits per heavy atom. The van der Waals surface area contributed by atoms with E-state index in [-0.39, 0.29) is 6.54 Å². The van der Waals surface area contributed by atoms with Crippen molar-refractivity contribution in [3.05, 3.63) is 60.2 Å². The summed E-state index contributed by atoms with van der Waals surface area (Å²) in [4.78, 5) is 1.88. The Bertz CT molecular complexity index is 2530. The number of nitrogens with zero attached hydrogens (tertiary/aromatic N) is 2. The van der Waals surface area contributed by atoms with E-state index in [1.165, 1.54) is 0 Å². The first-order chi connectivity index (χ1) is 43.0. The fraction of sp³-hybridized carbons (Fsp3) is 0.796. The van der Waals surface area contributed by atoms with Gasteiger partial charge in [-0.3, -0.25) is 0 Å².